The topological polar surface area (TPSA) is 62.2 Å². The van der Waals surface area contributed by atoms with E-state index in [-0.39, 0.29) is 5.56 Å². The highest BCUT2D eigenvalue weighted by molar-refractivity contribution is 7.99. The van der Waals surface area contributed by atoms with Crippen LogP contribution < -0.4 is 5.32 Å². The summed E-state index contributed by atoms with van der Waals surface area (Å²) in [7, 11) is 0. The number of hydrogen-bond donors (Lipinski definition) is 2. The second kappa shape index (κ2) is 5.71. The average Bonchev–Trinajstić information content (AvgIpc) is 2.48. The van der Waals surface area contributed by atoms with Crippen LogP contribution in [0.15, 0.2) is 30.5 Å². The number of carboxylic acids is 1. The molecule has 0 unspecified atom stereocenters. The SMILES string of the molecule is O=C(O)c1cnc2ccccc2c1NC1CCSCC1. The number of hydrogen-bond acceptors (Lipinski definition) is 4. The first-order chi connectivity index (χ1) is 9.75. The summed E-state index contributed by atoms with van der Waals surface area (Å²) in [5, 5.41) is 13.7. The lowest BCUT2D eigenvalue weighted by Gasteiger charge is -2.25. The zero-order valence-electron chi connectivity index (χ0n) is 11.0. The Morgan fingerprint density at radius 2 is 2.05 bits per heavy atom. The Labute approximate surface area is 121 Å². The first kappa shape index (κ1) is 13.2. The van der Waals surface area contributed by atoms with Gasteiger partial charge in [0.15, 0.2) is 0 Å². The van der Waals surface area contributed by atoms with Crippen LogP contribution in [0, 0.1) is 0 Å². The van der Waals surface area contributed by atoms with Crippen LogP contribution in [-0.4, -0.2) is 33.6 Å². The molecule has 1 saturated heterocycles. The Hall–Kier alpha value is -1.75. The number of aromatic nitrogens is 1. The van der Waals surface area contributed by atoms with E-state index in [4.69, 9.17) is 0 Å². The van der Waals surface area contributed by atoms with Gasteiger partial charge in [-0.25, -0.2) is 4.79 Å². The number of aromatic carboxylic acids is 1. The number of nitrogens with one attached hydrogen (secondary N) is 1. The van der Waals surface area contributed by atoms with Crippen molar-refractivity contribution < 1.29 is 9.90 Å². The molecule has 2 N–H and O–H groups in total. The summed E-state index contributed by atoms with van der Waals surface area (Å²) >= 11 is 1.95. The fraction of sp³-hybridized carbons (Fsp3) is 0.333. The largest absolute Gasteiger partial charge is 0.478 e. The van der Waals surface area contributed by atoms with Crippen LogP contribution >= 0.6 is 11.8 Å². The zero-order valence-corrected chi connectivity index (χ0v) is 11.8. The van der Waals surface area contributed by atoms with Gasteiger partial charge in [0.2, 0.25) is 0 Å². The highest BCUT2D eigenvalue weighted by Gasteiger charge is 2.19. The molecule has 2 heterocycles. The van der Waals surface area contributed by atoms with Crippen LogP contribution in [0.5, 0.6) is 0 Å². The lowest BCUT2D eigenvalue weighted by atomic mass is 10.1. The monoisotopic (exact) mass is 288 g/mol. The highest BCUT2D eigenvalue weighted by atomic mass is 32.2. The lowest BCUT2D eigenvalue weighted by molar-refractivity contribution is 0.0697. The summed E-state index contributed by atoms with van der Waals surface area (Å²) in [6.07, 6.45) is 3.59. The van der Waals surface area contributed by atoms with Gasteiger partial charge in [0.25, 0.3) is 0 Å². The fourth-order valence-electron chi connectivity index (χ4n) is 2.51. The number of carbonyl (C=O) groups is 1. The summed E-state index contributed by atoms with van der Waals surface area (Å²) in [4.78, 5) is 15.7. The molecule has 20 heavy (non-hydrogen) atoms. The minimum atomic E-state index is -0.934. The lowest BCUT2D eigenvalue weighted by Crippen LogP contribution is -2.25. The second-order valence-corrected chi connectivity index (χ2v) is 6.12. The predicted octanol–water partition coefficient (Wildman–Crippen LogP) is 3.24. The molecule has 1 fully saturated rings. The molecular formula is C15H16N2O2S. The molecule has 1 aromatic heterocycles. The normalized spacial score (nSPS) is 16.2. The van der Waals surface area contributed by atoms with Crippen LogP contribution in [0.25, 0.3) is 10.9 Å². The van der Waals surface area contributed by atoms with E-state index in [1.807, 2.05) is 36.0 Å². The van der Waals surface area contributed by atoms with Crippen LogP contribution in [0.2, 0.25) is 0 Å². The van der Waals surface area contributed by atoms with Crippen molar-refractivity contribution in [3.8, 4) is 0 Å². The summed E-state index contributed by atoms with van der Waals surface area (Å²) in [5.41, 5.74) is 1.78. The van der Waals surface area contributed by atoms with E-state index in [9.17, 15) is 9.90 Å². The molecule has 0 atom stereocenters. The number of benzene rings is 1. The van der Waals surface area contributed by atoms with Gasteiger partial charge in [-0.3, -0.25) is 4.98 Å². The standard InChI is InChI=1S/C15H16N2O2S/c18-15(19)12-9-16-13-4-2-1-3-11(13)14(12)17-10-5-7-20-8-6-10/h1-4,9-10H,5-8H2,(H,16,17)(H,18,19). The molecule has 4 nitrogen and oxygen atoms in total. The molecule has 0 radical (unpaired) electrons. The number of anilines is 1. The third-order valence-electron chi connectivity index (χ3n) is 3.58. The molecule has 1 aromatic carbocycles. The van der Waals surface area contributed by atoms with Crippen molar-refractivity contribution in [2.45, 2.75) is 18.9 Å². The van der Waals surface area contributed by atoms with Crippen molar-refractivity contribution in [1.29, 1.82) is 0 Å². The number of thioether (sulfide) groups is 1. The third-order valence-corrected chi connectivity index (χ3v) is 4.62. The number of carboxylic acid groups (broad SMARTS) is 1. The van der Waals surface area contributed by atoms with Gasteiger partial charge >= 0.3 is 5.97 Å². The van der Waals surface area contributed by atoms with Gasteiger partial charge in [-0.05, 0) is 30.4 Å². The van der Waals surface area contributed by atoms with Gasteiger partial charge in [-0.1, -0.05) is 18.2 Å². The Kier molecular flexibility index (Phi) is 3.78. The van der Waals surface area contributed by atoms with E-state index in [1.54, 1.807) is 0 Å². The molecule has 5 heteroatoms. The smallest absolute Gasteiger partial charge is 0.339 e. The summed E-state index contributed by atoms with van der Waals surface area (Å²) in [6.45, 7) is 0. The molecule has 0 saturated carbocycles. The number of rotatable bonds is 3. The quantitative estimate of drug-likeness (QED) is 0.908. The number of fused-ring (bicyclic) bond motifs is 1. The Morgan fingerprint density at radius 3 is 2.80 bits per heavy atom. The minimum Gasteiger partial charge on any atom is -0.478 e. The number of nitrogens with zero attached hydrogens (tertiary/aromatic N) is 1. The first-order valence-corrected chi connectivity index (χ1v) is 7.86. The maximum absolute atomic E-state index is 11.4. The van der Waals surface area contributed by atoms with Crippen LogP contribution in [0.1, 0.15) is 23.2 Å². The molecule has 1 aliphatic heterocycles. The van der Waals surface area contributed by atoms with Gasteiger partial charge in [-0.2, -0.15) is 11.8 Å². The third kappa shape index (κ3) is 2.58. The van der Waals surface area contributed by atoms with Crippen molar-refractivity contribution >= 4 is 34.3 Å². The molecule has 0 aliphatic carbocycles. The van der Waals surface area contributed by atoms with Crippen LogP contribution in [0.3, 0.4) is 0 Å². The van der Waals surface area contributed by atoms with Gasteiger partial charge in [0.05, 0.1) is 11.2 Å². The van der Waals surface area contributed by atoms with Crippen molar-refractivity contribution in [3.05, 3.63) is 36.0 Å². The maximum Gasteiger partial charge on any atom is 0.339 e. The minimum absolute atomic E-state index is 0.252. The Morgan fingerprint density at radius 1 is 1.30 bits per heavy atom. The van der Waals surface area contributed by atoms with Gasteiger partial charge in [-0.15, -0.1) is 0 Å². The van der Waals surface area contributed by atoms with Crippen LogP contribution in [0.4, 0.5) is 5.69 Å². The van der Waals surface area contributed by atoms with Crippen molar-refractivity contribution in [3.63, 3.8) is 0 Å². The van der Waals surface area contributed by atoms with Crippen LogP contribution in [-0.2, 0) is 0 Å². The molecule has 0 spiro atoms. The van der Waals surface area contributed by atoms with Crippen molar-refractivity contribution in [2.24, 2.45) is 0 Å². The molecule has 0 amide bonds. The van der Waals surface area contributed by atoms with Crippen molar-refractivity contribution in [2.75, 3.05) is 16.8 Å². The molecule has 0 bridgehead atoms. The molecule has 3 rings (SSSR count). The fourth-order valence-corrected chi connectivity index (χ4v) is 3.61. The number of para-hydroxylation sites is 1. The summed E-state index contributed by atoms with van der Waals surface area (Å²) < 4.78 is 0. The predicted molar refractivity (Wildman–Crippen MR) is 82.7 cm³/mol. The van der Waals surface area contributed by atoms with Gasteiger partial charge in [0.1, 0.15) is 5.56 Å². The Balaban J connectivity index is 2.04. The maximum atomic E-state index is 11.4. The van der Waals surface area contributed by atoms with E-state index in [2.05, 4.69) is 10.3 Å². The van der Waals surface area contributed by atoms with Gasteiger partial charge < -0.3 is 10.4 Å². The van der Waals surface area contributed by atoms with E-state index < -0.39 is 5.97 Å². The highest BCUT2D eigenvalue weighted by Crippen LogP contribution is 2.29. The second-order valence-electron chi connectivity index (χ2n) is 4.90. The summed E-state index contributed by atoms with van der Waals surface area (Å²) in [6, 6.07) is 8.01. The molecule has 1 aliphatic rings. The van der Waals surface area contributed by atoms with Gasteiger partial charge in [0, 0.05) is 17.6 Å². The first-order valence-electron chi connectivity index (χ1n) is 6.71. The zero-order chi connectivity index (χ0) is 13.9. The molecular weight excluding hydrogens is 272 g/mol. The van der Waals surface area contributed by atoms with E-state index >= 15 is 0 Å². The van der Waals surface area contributed by atoms with Crippen molar-refractivity contribution in [1.82, 2.24) is 4.98 Å². The summed E-state index contributed by atoms with van der Waals surface area (Å²) in [5.74, 6) is 1.32. The number of pyridine rings is 1. The molecule has 2 aromatic rings. The van der Waals surface area contributed by atoms with E-state index in [1.165, 1.54) is 6.20 Å². The van der Waals surface area contributed by atoms with E-state index in [0.717, 1.165) is 35.3 Å². The van der Waals surface area contributed by atoms with E-state index in [0.29, 0.717) is 11.7 Å². The Bertz CT molecular complexity index is 639. The average molecular weight is 288 g/mol. The molecule has 104 valence electrons.